The van der Waals surface area contributed by atoms with E-state index >= 15 is 0 Å². The molecule has 0 saturated heterocycles. The maximum absolute atomic E-state index is 12.0. The standard InChI is InChI=1S/C13H23NO3S2/c1-6-10(15)8-9(3)11(12(16)17-7-2)14-13(18-4)19-5/h9,11H,6-8H2,1-5H3/t9-,11-/m0/s1. The predicted molar refractivity (Wildman–Crippen MR) is 84.0 cm³/mol. The molecule has 0 fully saturated rings. The topological polar surface area (TPSA) is 55.7 Å². The maximum atomic E-state index is 12.0. The number of thioether (sulfide) groups is 2. The van der Waals surface area contributed by atoms with Crippen LogP contribution >= 0.6 is 23.5 Å². The van der Waals surface area contributed by atoms with E-state index in [9.17, 15) is 9.59 Å². The van der Waals surface area contributed by atoms with Crippen molar-refractivity contribution in [2.75, 3.05) is 19.1 Å². The number of esters is 1. The van der Waals surface area contributed by atoms with Crippen molar-refractivity contribution in [3.05, 3.63) is 0 Å². The van der Waals surface area contributed by atoms with E-state index in [0.717, 1.165) is 4.38 Å². The van der Waals surface area contributed by atoms with Gasteiger partial charge in [-0.3, -0.25) is 9.79 Å². The van der Waals surface area contributed by atoms with Crippen molar-refractivity contribution >= 4 is 39.7 Å². The summed E-state index contributed by atoms with van der Waals surface area (Å²) in [4.78, 5) is 27.9. The van der Waals surface area contributed by atoms with Crippen LogP contribution in [0, 0.1) is 5.92 Å². The summed E-state index contributed by atoms with van der Waals surface area (Å²) in [5.74, 6) is -0.341. The number of hydrogen-bond donors (Lipinski definition) is 0. The third kappa shape index (κ3) is 7.01. The van der Waals surface area contributed by atoms with Crippen molar-refractivity contribution in [3.63, 3.8) is 0 Å². The van der Waals surface area contributed by atoms with Crippen LogP contribution < -0.4 is 0 Å². The fourth-order valence-corrected chi connectivity index (χ4v) is 2.66. The number of aliphatic imine (C=N–C) groups is 1. The summed E-state index contributed by atoms with van der Waals surface area (Å²) < 4.78 is 5.88. The van der Waals surface area contributed by atoms with E-state index in [1.165, 1.54) is 23.5 Å². The first-order valence-corrected chi connectivity index (χ1v) is 8.79. The van der Waals surface area contributed by atoms with Gasteiger partial charge in [0.1, 0.15) is 10.2 Å². The number of ketones is 1. The Balaban J connectivity index is 4.99. The van der Waals surface area contributed by atoms with Crippen LogP contribution in [-0.4, -0.2) is 41.3 Å². The van der Waals surface area contributed by atoms with Gasteiger partial charge in [-0.25, -0.2) is 4.79 Å². The van der Waals surface area contributed by atoms with Crippen LogP contribution in [0.2, 0.25) is 0 Å². The van der Waals surface area contributed by atoms with Gasteiger partial charge in [0.25, 0.3) is 0 Å². The van der Waals surface area contributed by atoms with E-state index in [0.29, 0.717) is 19.4 Å². The molecule has 0 N–H and O–H groups in total. The third-order valence-corrected chi connectivity index (χ3v) is 4.51. The second-order valence-electron chi connectivity index (χ2n) is 4.07. The largest absolute Gasteiger partial charge is 0.464 e. The smallest absolute Gasteiger partial charge is 0.331 e. The van der Waals surface area contributed by atoms with Crippen molar-refractivity contribution in [3.8, 4) is 0 Å². The van der Waals surface area contributed by atoms with Crippen LogP contribution in [0.4, 0.5) is 0 Å². The lowest BCUT2D eigenvalue weighted by atomic mass is 9.95. The average Bonchev–Trinajstić information content (AvgIpc) is 2.39. The number of nitrogens with zero attached hydrogens (tertiary/aromatic N) is 1. The molecule has 0 aliphatic carbocycles. The lowest BCUT2D eigenvalue weighted by molar-refractivity contribution is -0.145. The maximum Gasteiger partial charge on any atom is 0.331 e. The van der Waals surface area contributed by atoms with Gasteiger partial charge in [0.15, 0.2) is 6.04 Å². The molecule has 0 heterocycles. The molecule has 0 spiro atoms. The number of carbonyl (C=O) groups is 2. The highest BCUT2D eigenvalue weighted by Crippen LogP contribution is 2.20. The number of ether oxygens (including phenoxy) is 1. The van der Waals surface area contributed by atoms with E-state index in [-0.39, 0.29) is 17.7 Å². The predicted octanol–water partition coefficient (Wildman–Crippen LogP) is 3.01. The Hall–Kier alpha value is -0.490. The Kier molecular flexibility index (Phi) is 10.0. The lowest BCUT2D eigenvalue weighted by Gasteiger charge is -2.19. The van der Waals surface area contributed by atoms with Crippen molar-refractivity contribution in [2.45, 2.75) is 39.7 Å². The summed E-state index contributed by atoms with van der Waals surface area (Å²) in [6.07, 6.45) is 4.68. The highest BCUT2D eigenvalue weighted by atomic mass is 32.2. The molecule has 0 rings (SSSR count). The minimum atomic E-state index is -0.592. The number of Topliss-reactive ketones (excluding diaryl/α,β-unsaturated/α-hetero) is 1. The normalized spacial score (nSPS) is 13.5. The average molecular weight is 305 g/mol. The molecule has 0 aromatic rings. The molecular weight excluding hydrogens is 282 g/mol. The number of hydrogen-bond acceptors (Lipinski definition) is 6. The Morgan fingerprint density at radius 3 is 2.21 bits per heavy atom. The van der Waals surface area contributed by atoms with Crippen LogP contribution in [0.25, 0.3) is 0 Å². The minimum absolute atomic E-state index is 0.138. The first kappa shape index (κ1) is 18.5. The SMILES string of the molecule is CCOC(=O)[C@@H](N=C(SC)SC)[C@@H](C)CC(=O)CC. The van der Waals surface area contributed by atoms with Crippen LogP contribution in [0.1, 0.15) is 33.6 Å². The van der Waals surface area contributed by atoms with Crippen molar-refractivity contribution in [2.24, 2.45) is 10.9 Å². The molecule has 0 unspecified atom stereocenters. The number of rotatable bonds is 7. The van der Waals surface area contributed by atoms with Crippen LogP contribution in [-0.2, 0) is 14.3 Å². The van der Waals surface area contributed by atoms with E-state index in [1.807, 2.05) is 26.4 Å². The molecule has 0 amide bonds. The first-order valence-electron chi connectivity index (χ1n) is 6.34. The summed E-state index contributed by atoms with van der Waals surface area (Å²) in [7, 11) is 0. The quantitative estimate of drug-likeness (QED) is 0.411. The van der Waals surface area contributed by atoms with Gasteiger partial charge in [0.2, 0.25) is 0 Å². The van der Waals surface area contributed by atoms with Crippen LogP contribution in [0.15, 0.2) is 4.99 Å². The summed E-state index contributed by atoms with van der Waals surface area (Å²) in [6.45, 7) is 5.79. The van der Waals surface area contributed by atoms with Gasteiger partial charge in [0, 0.05) is 12.8 Å². The molecule has 0 aliphatic rings. The fourth-order valence-electron chi connectivity index (χ4n) is 1.56. The second kappa shape index (κ2) is 10.3. The van der Waals surface area contributed by atoms with Crippen LogP contribution in [0.3, 0.4) is 0 Å². The Labute approximate surface area is 124 Å². The summed E-state index contributed by atoms with van der Waals surface area (Å²) in [6, 6.07) is -0.592. The zero-order valence-corrected chi connectivity index (χ0v) is 13.9. The Morgan fingerprint density at radius 1 is 1.21 bits per heavy atom. The zero-order valence-electron chi connectivity index (χ0n) is 12.3. The molecule has 0 aliphatic heterocycles. The molecule has 6 heteroatoms. The summed E-state index contributed by atoms with van der Waals surface area (Å²) in [5, 5.41) is 0. The molecule has 0 radical (unpaired) electrons. The van der Waals surface area contributed by atoms with Gasteiger partial charge in [-0.2, -0.15) is 0 Å². The van der Waals surface area contributed by atoms with E-state index in [4.69, 9.17) is 4.74 Å². The van der Waals surface area contributed by atoms with Gasteiger partial charge >= 0.3 is 5.97 Å². The number of carbonyl (C=O) groups excluding carboxylic acids is 2. The van der Waals surface area contributed by atoms with Gasteiger partial charge in [-0.1, -0.05) is 13.8 Å². The molecule has 0 aromatic heterocycles. The molecule has 19 heavy (non-hydrogen) atoms. The molecule has 110 valence electrons. The summed E-state index contributed by atoms with van der Waals surface area (Å²) in [5.41, 5.74) is 0. The van der Waals surface area contributed by atoms with Gasteiger partial charge < -0.3 is 4.74 Å². The van der Waals surface area contributed by atoms with E-state index in [1.54, 1.807) is 6.92 Å². The fraction of sp³-hybridized carbons (Fsp3) is 0.769. The Morgan fingerprint density at radius 2 is 1.79 bits per heavy atom. The zero-order chi connectivity index (χ0) is 14.8. The van der Waals surface area contributed by atoms with Crippen molar-refractivity contribution in [1.29, 1.82) is 0 Å². The molecule has 2 atom stereocenters. The van der Waals surface area contributed by atoms with Gasteiger partial charge in [-0.15, -0.1) is 23.5 Å². The molecule has 0 bridgehead atoms. The van der Waals surface area contributed by atoms with Crippen LogP contribution in [0.5, 0.6) is 0 Å². The lowest BCUT2D eigenvalue weighted by Crippen LogP contribution is -2.30. The highest BCUT2D eigenvalue weighted by Gasteiger charge is 2.27. The highest BCUT2D eigenvalue weighted by molar-refractivity contribution is 8.38. The first-order chi connectivity index (χ1) is 8.99. The molecule has 4 nitrogen and oxygen atoms in total. The summed E-state index contributed by atoms with van der Waals surface area (Å²) >= 11 is 2.99. The third-order valence-electron chi connectivity index (χ3n) is 2.60. The molecule has 0 saturated carbocycles. The van der Waals surface area contributed by atoms with Crippen molar-refractivity contribution < 1.29 is 14.3 Å². The Bertz CT molecular complexity index is 326. The van der Waals surface area contributed by atoms with E-state index < -0.39 is 6.04 Å². The van der Waals surface area contributed by atoms with Gasteiger partial charge in [-0.05, 0) is 25.4 Å². The molecular formula is C13H23NO3S2. The monoisotopic (exact) mass is 305 g/mol. The van der Waals surface area contributed by atoms with E-state index in [2.05, 4.69) is 4.99 Å². The minimum Gasteiger partial charge on any atom is -0.464 e. The van der Waals surface area contributed by atoms with Gasteiger partial charge in [0.05, 0.1) is 6.61 Å². The second-order valence-corrected chi connectivity index (χ2v) is 5.92. The van der Waals surface area contributed by atoms with Crippen molar-refractivity contribution in [1.82, 2.24) is 0 Å². The molecule has 0 aromatic carbocycles.